The Kier molecular flexibility index (Phi) is 6.86. The number of hydrogen-bond donors (Lipinski definition) is 1. The van der Waals surface area contributed by atoms with Gasteiger partial charge in [-0.25, -0.2) is 9.18 Å². The first-order valence-electron chi connectivity index (χ1n) is 9.70. The second-order valence-electron chi connectivity index (χ2n) is 7.50. The maximum absolute atomic E-state index is 13.0. The highest BCUT2D eigenvalue weighted by atomic mass is 19.1. The summed E-state index contributed by atoms with van der Waals surface area (Å²) >= 11 is 0. The van der Waals surface area contributed by atoms with E-state index < -0.39 is 0 Å². The molecule has 0 bridgehead atoms. The molecule has 0 radical (unpaired) electrons. The lowest BCUT2D eigenvalue weighted by atomic mass is 10.0. The molecule has 2 aliphatic heterocycles. The van der Waals surface area contributed by atoms with Crippen LogP contribution in [0.4, 0.5) is 9.18 Å². The molecule has 1 unspecified atom stereocenters. The fourth-order valence-electron chi connectivity index (χ4n) is 3.71. The maximum Gasteiger partial charge on any atom is 0.317 e. The van der Waals surface area contributed by atoms with Crippen molar-refractivity contribution in [3.8, 4) is 0 Å². The van der Waals surface area contributed by atoms with Gasteiger partial charge < -0.3 is 15.0 Å². The van der Waals surface area contributed by atoms with Crippen molar-refractivity contribution in [1.29, 1.82) is 0 Å². The molecule has 0 spiro atoms. The van der Waals surface area contributed by atoms with E-state index in [-0.39, 0.29) is 24.0 Å². The Morgan fingerprint density at radius 2 is 1.96 bits per heavy atom. The van der Waals surface area contributed by atoms with Crippen LogP contribution in [0.3, 0.4) is 0 Å². The third-order valence-electron chi connectivity index (χ3n) is 5.33. The van der Waals surface area contributed by atoms with E-state index in [4.69, 9.17) is 4.74 Å². The standard InChI is InChI=1S/C20H30FN3O2/c1-23(15-19-4-2-3-13-26-19)20(25)22-18-9-11-24(12-10-18)14-16-5-7-17(21)8-6-16/h5-8,18-19H,2-4,9-15H2,1H3,(H,22,25). The van der Waals surface area contributed by atoms with Crippen LogP contribution in [0.1, 0.15) is 37.7 Å². The van der Waals surface area contributed by atoms with Gasteiger partial charge >= 0.3 is 6.03 Å². The molecule has 144 valence electrons. The van der Waals surface area contributed by atoms with Gasteiger partial charge in [-0.2, -0.15) is 0 Å². The van der Waals surface area contributed by atoms with Gasteiger partial charge in [0.2, 0.25) is 0 Å². The third kappa shape index (κ3) is 5.68. The molecule has 3 rings (SSSR count). The Morgan fingerprint density at radius 1 is 1.23 bits per heavy atom. The summed E-state index contributed by atoms with van der Waals surface area (Å²) in [5.41, 5.74) is 1.13. The first-order valence-corrected chi connectivity index (χ1v) is 9.70. The summed E-state index contributed by atoms with van der Waals surface area (Å²) in [5.74, 6) is -0.196. The molecule has 5 nitrogen and oxygen atoms in total. The van der Waals surface area contributed by atoms with Crippen molar-refractivity contribution in [2.75, 3.05) is 33.3 Å². The van der Waals surface area contributed by atoms with E-state index in [2.05, 4.69) is 10.2 Å². The average Bonchev–Trinajstić information content (AvgIpc) is 2.66. The molecule has 0 saturated carbocycles. The number of amides is 2. The molecule has 2 amide bonds. The summed E-state index contributed by atoms with van der Waals surface area (Å²) < 4.78 is 18.7. The van der Waals surface area contributed by atoms with Crippen LogP contribution in [-0.2, 0) is 11.3 Å². The molecule has 1 aromatic carbocycles. The van der Waals surface area contributed by atoms with Crippen molar-refractivity contribution < 1.29 is 13.9 Å². The molecule has 26 heavy (non-hydrogen) atoms. The van der Waals surface area contributed by atoms with Gasteiger partial charge in [0.05, 0.1) is 6.10 Å². The molecule has 2 aliphatic rings. The molecule has 1 atom stereocenters. The third-order valence-corrected chi connectivity index (χ3v) is 5.33. The van der Waals surface area contributed by atoms with Gasteiger partial charge in [0.15, 0.2) is 0 Å². The van der Waals surface area contributed by atoms with Crippen LogP contribution in [0.15, 0.2) is 24.3 Å². The molecule has 2 fully saturated rings. The average molecular weight is 363 g/mol. The van der Waals surface area contributed by atoms with Gasteiger partial charge in [0, 0.05) is 45.9 Å². The number of rotatable bonds is 5. The SMILES string of the molecule is CN(CC1CCCCO1)C(=O)NC1CCN(Cc2ccc(F)cc2)CC1. The normalized spacial score (nSPS) is 22.2. The number of ether oxygens (including phenoxy) is 1. The van der Waals surface area contributed by atoms with Crippen LogP contribution in [0.2, 0.25) is 0 Å². The summed E-state index contributed by atoms with van der Waals surface area (Å²) in [7, 11) is 1.84. The van der Waals surface area contributed by atoms with Gasteiger partial charge in [0.1, 0.15) is 5.82 Å². The van der Waals surface area contributed by atoms with Crippen molar-refractivity contribution in [3.05, 3.63) is 35.6 Å². The van der Waals surface area contributed by atoms with Crippen molar-refractivity contribution in [3.63, 3.8) is 0 Å². The molecule has 2 saturated heterocycles. The lowest BCUT2D eigenvalue weighted by Gasteiger charge is -2.34. The van der Waals surface area contributed by atoms with Crippen molar-refractivity contribution in [1.82, 2.24) is 15.1 Å². The molecule has 0 aliphatic carbocycles. The number of halogens is 1. The highest BCUT2D eigenvalue weighted by Gasteiger charge is 2.23. The zero-order chi connectivity index (χ0) is 18.4. The minimum Gasteiger partial charge on any atom is -0.376 e. The van der Waals surface area contributed by atoms with Gasteiger partial charge in [-0.3, -0.25) is 4.90 Å². The van der Waals surface area contributed by atoms with Crippen molar-refractivity contribution in [2.45, 2.75) is 50.8 Å². The van der Waals surface area contributed by atoms with E-state index in [0.717, 1.165) is 57.5 Å². The predicted molar refractivity (Wildman–Crippen MR) is 99.5 cm³/mol. The predicted octanol–water partition coefficient (Wildman–Crippen LogP) is 3.00. The molecular weight excluding hydrogens is 333 g/mol. The number of benzene rings is 1. The first-order chi connectivity index (χ1) is 12.6. The molecule has 0 aromatic heterocycles. The Hall–Kier alpha value is -1.66. The molecule has 2 heterocycles. The van der Waals surface area contributed by atoms with E-state index in [0.29, 0.717) is 6.54 Å². The molecule has 1 aromatic rings. The maximum atomic E-state index is 13.0. The minimum atomic E-state index is -0.196. The zero-order valence-corrected chi connectivity index (χ0v) is 15.6. The fraction of sp³-hybridized carbons (Fsp3) is 0.650. The molecule has 6 heteroatoms. The van der Waals surface area contributed by atoms with Gasteiger partial charge in [0.25, 0.3) is 0 Å². The Bertz CT molecular complexity index is 567. The monoisotopic (exact) mass is 363 g/mol. The first kappa shape index (κ1) is 19.1. The minimum absolute atomic E-state index is 0.00356. The summed E-state index contributed by atoms with van der Waals surface area (Å²) in [6, 6.07) is 6.91. The van der Waals surface area contributed by atoms with E-state index in [1.165, 1.54) is 18.6 Å². The molecule has 1 N–H and O–H groups in total. The number of urea groups is 1. The number of hydrogen-bond acceptors (Lipinski definition) is 3. The largest absolute Gasteiger partial charge is 0.376 e. The number of likely N-dealkylation sites (N-methyl/N-ethyl adjacent to an activating group) is 1. The highest BCUT2D eigenvalue weighted by Crippen LogP contribution is 2.16. The molecular formula is C20H30FN3O2. The number of likely N-dealkylation sites (tertiary alicyclic amines) is 1. The second-order valence-corrected chi connectivity index (χ2v) is 7.50. The number of nitrogens with one attached hydrogen (secondary N) is 1. The van der Waals surface area contributed by atoms with E-state index >= 15 is 0 Å². The van der Waals surface area contributed by atoms with Crippen LogP contribution in [-0.4, -0.2) is 61.3 Å². The van der Waals surface area contributed by atoms with Crippen LogP contribution in [0, 0.1) is 5.82 Å². The number of nitrogens with zero attached hydrogens (tertiary/aromatic N) is 2. The summed E-state index contributed by atoms with van der Waals surface area (Å²) in [6.07, 6.45) is 5.42. The van der Waals surface area contributed by atoms with E-state index in [1.54, 1.807) is 4.90 Å². The fourth-order valence-corrected chi connectivity index (χ4v) is 3.71. The van der Waals surface area contributed by atoms with Gasteiger partial charge in [-0.15, -0.1) is 0 Å². The Balaban J connectivity index is 1.37. The topological polar surface area (TPSA) is 44.8 Å². The van der Waals surface area contributed by atoms with Crippen molar-refractivity contribution in [2.24, 2.45) is 0 Å². The quantitative estimate of drug-likeness (QED) is 0.875. The summed E-state index contributed by atoms with van der Waals surface area (Å²) in [4.78, 5) is 16.5. The number of carbonyl (C=O) groups is 1. The van der Waals surface area contributed by atoms with E-state index in [9.17, 15) is 9.18 Å². The van der Waals surface area contributed by atoms with E-state index in [1.807, 2.05) is 19.2 Å². The lowest BCUT2D eigenvalue weighted by molar-refractivity contribution is 0.00358. The number of carbonyl (C=O) groups excluding carboxylic acids is 1. The zero-order valence-electron chi connectivity index (χ0n) is 15.6. The van der Waals surface area contributed by atoms with Gasteiger partial charge in [-0.05, 0) is 49.8 Å². The summed E-state index contributed by atoms with van der Waals surface area (Å²) in [6.45, 7) is 4.19. The Labute approximate surface area is 155 Å². The Morgan fingerprint density at radius 3 is 2.62 bits per heavy atom. The van der Waals surface area contributed by atoms with Crippen LogP contribution in [0.25, 0.3) is 0 Å². The highest BCUT2D eigenvalue weighted by molar-refractivity contribution is 5.74. The van der Waals surface area contributed by atoms with Crippen LogP contribution >= 0.6 is 0 Å². The smallest absolute Gasteiger partial charge is 0.317 e. The van der Waals surface area contributed by atoms with Crippen molar-refractivity contribution >= 4 is 6.03 Å². The van der Waals surface area contributed by atoms with Crippen LogP contribution in [0.5, 0.6) is 0 Å². The van der Waals surface area contributed by atoms with Crippen LogP contribution < -0.4 is 5.32 Å². The van der Waals surface area contributed by atoms with Gasteiger partial charge in [-0.1, -0.05) is 12.1 Å². The number of piperidine rings is 1. The summed E-state index contributed by atoms with van der Waals surface area (Å²) in [5, 5.41) is 3.16. The second kappa shape index (κ2) is 9.33. The lowest BCUT2D eigenvalue weighted by Crippen LogP contribution is -2.49.